The molecule has 4 heteroatoms. The lowest BCUT2D eigenvalue weighted by molar-refractivity contribution is -0.123. The highest BCUT2D eigenvalue weighted by molar-refractivity contribution is 6.26. The number of amides is 2. The standard InChI is InChI=1S/C19H16N2O2/c20-14-7-8-15(13-4-2-1-3-12(13)14)21-18(22)16-10-5-6-11(9-10)17(16)19(21)23/h1-8,10-11,16-17H,9,20H2/t10-,11+,16-,17?/m1/s1. The molecule has 2 N–H and O–H groups in total. The zero-order chi connectivity index (χ0) is 15.7. The monoisotopic (exact) mass is 304 g/mol. The number of nitrogens with zero attached hydrogens (tertiary/aromatic N) is 1. The normalized spacial score (nSPS) is 31.4. The van der Waals surface area contributed by atoms with Crippen LogP contribution in [0.5, 0.6) is 0 Å². The fourth-order valence-electron chi connectivity index (χ4n) is 4.64. The van der Waals surface area contributed by atoms with Crippen LogP contribution < -0.4 is 10.6 Å². The van der Waals surface area contributed by atoms with Gasteiger partial charge in [-0.05, 0) is 30.4 Å². The molecule has 1 saturated heterocycles. The van der Waals surface area contributed by atoms with Crippen molar-refractivity contribution in [2.75, 3.05) is 10.6 Å². The number of nitrogens with two attached hydrogens (primary N) is 1. The molecule has 0 spiro atoms. The average Bonchev–Trinajstić information content (AvgIpc) is 3.24. The Hall–Kier alpha value is -2.62. The van der Waals surface area contributed by atoms with E-state index in [4.69, 9.17) is 5.73 Å². The van der Waals surface area contributed by atoms with Gasteiger partial charge < -0.3 is 5.73 Å². The summed E-state index contributed by atoms with van der Waals surface area (Å²) in [7, 11) is 0. The molecule has 0 radical (unpaired) electrons. The Morgan fingerprint density at radius 3 is 2.13 bits per heavy atom. The fourth-order valence-corrected chi connectivity index (χ4v) is 4.64. The van der Waals surface area contributed by atoms with Crippen LogP contribution in [0, 0.1) is 23.7 Å². The van der Waals surface area contributed by atoms with Gasteiger partial charge in [-0.1, -0.05) is 36.4 Å². The smallest absolute Gasteiger partial charge is 0.238 e. The molecule has 5 rings (SSSR count). The minimum atomic E-state index is -0.172. The highest BCUT2D eigenvalue weighted by Gasteiger charge is 2.59. The molecule has 114 valence electrons. The molecule has 2 aliphatic carbocycles. The van der Waals surface area contributed by atoms with Gasteiger partial charge in [0, 0.05) is 16.5 Å². The number of carbonyl (C=O) groups excluding carboxylic acids is 2. The summed E-state index contributed by atoms with van der Waals surface area (Å²) < 4.78 is 0. The van der Waals surface area contributed by atoms with Crippen LogP contribution in [0.2, 0.25) is 0 Å². The molecule has 3 aliphatic rings. The van der Waals surface area contributed by atoms with Crippen molar-refractivity contribution in [1.29, 1.82) is 0 Å². The van der Waals surface area contributed by atoms with Crippen LogP contribution in [0.4, 0.5) is 11.4 Å². The number of hydrogen-bond donors (Lipinski definition) is 1. The van der Waals surface area contributed by atoms with Gasteiger partial charge in [-0.15, -0.1) is 0 Å². The summed E-state index contributed by atoms with van der Waals surface area (Å²) in [5.41, 5.74) is 7.36. The third-order valence-electron chi connectivity index (χ3n) is 5.65. The van der Waals surface area contributed by atoms with Crippen LogP contribution >= 0.6 is 0 Å². The van der Waals surface area contributed by atoms with Gasteiger partial charge in [-0.3, -0.25) is 9.59 Å². The van der Waals surface area contributed by atoms with Gasteiger partial charge >= 0.3 is 0 Å². The van der Waals surface area contributed by atoms with Crippen molar-refractivity contribution in [2.24, 2.45) is 23.7 Å². The number of hydrogen-bond acceptors (Lipinski definition) is 3. The van der Waals surface area contributed by atoms with Crippen LogP contribution in [-0.4, -0.2) is 11.8 Å². The molecule has 2 fully saturated rings. The molecule has 1 saturated carbocycles. The van der Waals surface area contributed by atoms with Gasteiger partial charge in [0.2, 0.25) is 11.8 Å². The maximum absolute atomic E-state index is 13.0. The molecule has 4 atom stereocenters. The summed E-state index contributed by atoms with van der Waals surface area (Å²) in [6.45, 7) is 0. The van der Waals surface area contributed by atoms with E-state index in [0.717, 1.165) is 17.2 Å². The van der Waals surface area contributed by atoms with Crippen LogP contribution in [0.15, 0.2) is 48.6 Å². The van der Waals surface area contributed by atoms with E-state index in [2.05, 4.69) is 12.2 Å². The van der Waals surface area contributed by atoms with Gasteiger partial charge in [0.05, 0.1) is 17.5 Å². The minimum Gasteiger partial charge on any atom is -0.398 e. The predicted octanol–water partition coefficient (Wildman–Crippen LogP) is 2.73. The number of benzene rings is 2. The van der Waals surface area contributed by atoms with Gasteiger partial charge in [0.25, 0.3) is 0 Å². The van der Waals surface area contributed by atoms with Gasteiger partial charge in [0.15, 0.2) is 0 Å². The zero-order valence-electron chi connectivity index (χ0n) is 12.5. The van der Waals surface area contributed by atoms with E-state index < -0.39 is 0 Å². The number of fused-ring (bicyclic) bond motifs is 6. The average molecular weight is 304 g/mol. The molecular weight excluding hydrogens is 288 g/mol. The summed E-state index contributed by atoms with van der Waals surface area (Å²) in [4.78, 5) is 27.3. The number of imide groups is 1. The quantitative estimate of drug-likeness (QED) is 0.500. The van der Waals surface area contributed by atoms with Gasteiger partial charge in [-0.25, -0.2) is 4.90 Å². The SMILES string of the molecule is Nc1ccc(N2C(=O)C3[C@H]4C=C[C@H](C4)[C@H]3C2=O)c2ccccc12. The molecule has 1 heterocycles. The van der Waals surface area contributed by atoms with Crippen molar-refractivity contribution in [1.82, 2.24) is 0 Å². The van der Waals surface area contributed by atoms with Crippen molar-refractivity contribution >= 4 is 34.0 Å². The van der Waals surface area contributed by atoms with E-state index in [1.54, 1.807) is 12.1 Å². The minimum absolute atomic E-state index is 0.0493. The summed E-state index contributed by atoms with van der Waals surface area (Å²) in [6, 6.07) is 11.2. The van der Waals surface area contributed by atoms with Crippen LogP contribution in [0.1, 0.15) is 6.42 Å². The van der Waals surface area contributed by atoms with Crippen molar-refractivity contribution in [3.05, 3.63) is 48.6 Å². The second-order valence-corrected chi connectivity index (χ2v) is 6.73. The molecule has 2 aromatic rings. The van der Waals surface area contributed by atoms with Crippen molar-refractivity contribution < 1.29 is 9.59 Å². The Bertz CT molecular complexity index is 871. The summed E-state index contributed by atoms with van der Waals surface area (Å²) in [5, 5.41) is 1.73. The predicted molar refractivity (Wildman–Crippen MR) is 88.6 cm³/mol. The van der Waals surface area contributed by atoms with Gasteiger partial charge in [-0.2, -0.15) is 0 Å². The second kappa shape index (κ2) is 4.22. The van der Waals surface area contributed by atoms with Crippen molar-refractivity contribution in [3.63, 3.8) is 0 Å². The van der Waals surface area contributed by atoms with E-state index in [1.807, 2.05) is 24.3 Å². The third-order valence-corrected chi connectivity index (χ3v) is 5.65. The Morgan fingerprint density at radius 2 is 1.48 bits per heavy atom. The number of anilines is 2. The topological polar surface area (TPSA) is 63.4 Å². The van der Waals surface area contributed by atoms with Crippen LogP contribution in [-0.2, 0) is 9.59 Å². The van der Waals surface area contributed by atoms with Crippen molar-refractivity contribution in [2.45, 2.75) is 6.42 Å². The van der Waals surface area contributed by atoms with Crippen LogP contribution in [0.25, 0.3) is 10.8 Å². The Kier molecular flexibility index (Phi) is 2.36. The first-order valence-corrected chi connectivity index (χ1v) is 8.00. The second-order valence-electron chi connectivity index (χ2n) is 6.73. The number of nitrogen functional groups attached to an aromatic ring is 1. The molecule has 2 aromatic carbocycles. The lowest BCUT2D eigenvalue weighted by Gasteiger charge is -2.20. The van der Waals surface area contributed by atoms with E-state index in [1.165, 1.54) is 4.90 Å². The fraction of sp³-hybridized carbons (Fsp3) is 0.263. The first-order valence-electron chi connectivity index (χ1n) is 8.00. The number of rotatable bonds is 1. The first kappa shape index (κ1) is 12.9. The molecule has 4 nitrogen and oxygen atoms in total. The Morgan fingerprint density at radius 1 is 0.870 bits per heavy atom. The molecule has 0 aromatic heterocycles. The molecule has 23 heavy (non-hydrogen) atoms. The molecule has 1 aliphatic heterocycles. The maximum atomic E-state index is 13.0. The molecule has 2 amide bonds. The van der Waals surface area contributed by atoms with E-state index in [-0.39, 0.29) is 35.5 Å². The van der Waals surface area contributed by atoms with E-state index >= 15 is 0 Å². The maximum Gasteiger partial charge on any atom is 0.238 e. The van der Waals surface area contributed by atoms with E-state index in [9.17, 15) is 9.59 Å². The molecular formula is C19H16N2O2. The zero-order valence-corrected chi connectivity index (χ0v) is 12.5. The summed E-state index contributed by atoms with van der Waals surface area (Å²) >= 11 is 0. The van der Waals surface area contributed by atoms with Gasteiger partial charge in [0.1, 0.15) is 0 Å². The molecule has 2 bridgehead atoms. The lowest BCUT2D eigenvalue weighted by atomic mass is 9.85. The largest absolute Gasteiger partial charge is 0.398 e. The summed E-state index contributed by atoms with van der Waals surface area (Å²) in [6.07, 6.45) is 5.17. The van der Waals surface area contributed by atoms with E-state index in [0.29, 0.717) is 11.4 Å². The Labute approximate surface area is 133 Å². The lowest BCUT2D eigenvalue weighted by Crippen LogP contribution is -2.33. The number of carbonyl (C=O) groups is 2. The Balaban J connectivity index is 1.68. The highest BCUT2D eigenvalue weighted by atomic mass is 16.2. The third kappa shape index (κ3) is 1.50. The molecule has 1 unspecified atom stereocenters. The highest BCUT2D eigenvalue weighted by Crippen LogP contribution is 2.53. The van der Waals surface area contributed by atoms with Crippen LogP contribution in [0.3, 0.4) is 0 Å². The first-order chi connectivity index (χ1) is 11.2. The summed E-state index contributed by atoms with van der Waals surface area (Å²) in [5.74, 6) is 0.0131. The number of allylic oxidation sites excluding steroid dienone is 2. The van der Waals surface area contributed by atoms with Crippen molar-refractivity contribution in [3.8, 4) is 0 Å².